The summed E-state index contributed by atoms with van der Waals surface area (Å²) < 4.78 is 38.3. The van der Waals surface area contributed by atoms with E-state index in [9.17, 15) is 13.2 Å². The summed E-state index contributed by atoms with van der Waals surface area (Å²) in [4.78, 5) is 19.2. The second-order valence-corrected chi connectivity index (χ2v) is 8.82. The maximum absolute atomic E-state index is 13.3. The van der Waals surface area contributed by atoms with Gasteiger partial charge in [0.15, 0.2) is 5.65 Å². The molecule has 0 spiro atoms. The molecule has 1 aromatic carbocycles. The fourth-order valence-corrected chi connectivity index (χ4v) is 4.42. The number of aryl methyl sites for hydroxylation is 1. The number of hydrogen-bond donors (Lipinski definition) is 1. The molecule has 0 aliphatic heterocycles. The van der Waals surface area contributed by atoms with Gasteiger partial charge in [-0.05, 0) is 36.4 Å². The van der Waals surface area contributed by atoms with Crippen molar-refractivity contribution in [2.45, 2.75) is 24.3 Å². The Bertz CT molecular complexity index is 1390. The Balaban J connectivity index is 1.64. The van der Waals surface area contributed by atoms with Crippen molar-refractivity contribution < 1.29 is 27.8 Å². The summed E-state index contributed by atoms with van der Waals surface area (Å²) >= 11 is 0. The largest absolute Gasteiger partial charge is 0.495 e. The van der Waals surface area contributed by atoms with E-state index in [1.165, 1.54) is 25.4 Å². The van der Waals surface area contributed by atoms with E-state index >= 15 is 0 Å². The van der Waals surface area contributed by atoms with Crippen LogP contribution >= 0.6 is 0 Å². The smallest absolute Gasteiger partial charge is 0.303 e. The third-order valence-corrected chi connectivity index (χ3v) is 6.41. The molecular weight excluding hydrogens is 448 g/mol. The number of benzene rings is 1. The molecule has 0 aliphatic carbocycles. The normalized spacial score (nSPS) is 11.4. The number of aliphatic carboxylic acids is 1. The highest BCUT2D eigenvalue weighted by Crippen LogP contribution is 2.27. The summed E-state index contributed by atoms with van der Waals surface area (Å²) in [6, 6.07) is 11.2. The molecule has 0 atom stereocenters. The van der Waals surface area contributed by atoms with E-state index in [2.05, 4.69) is 15.1 Å². The lowest BCUT2D eigenvalue weighted by atomic mass is 10.2. The number of hydrogen-bond acceptors (Lipinski definition) is 8. The Morgan fingerprint density at radius 3 is 2.58 bits per heavy atom. The molecule has 10 nitrogen and oxygen atoms in total. The Kier molecular flexibility index (Phi) is 6.22. The van der Waals surface area contributed by atoms with Crippen molar-refractivity contribution in [3.8, 4) is 11.5 Å². The number of rotatable bonds is 9. The first-order valence-electron chi connectivity index (χ1n) is 9.89. The van der Waals surface area contributed by atoms with Crippen molar-refractivity contribution in [3.05, 3.63) is 72.3 Å². The van der Waals surface area contributed by atoms with Gasteiger partial charge in [-0.1, -0.05) is 6.07 Å². The van der Waals surface area contributed by atoms with Gasteiger partial charge in [0, 0.05) is 29.8 Å². The zero-order valence-corrected chi connectivity index (χ0v) is 18.4. The molecule has 170 valence electrons. The number of aromatic nitrogens is 4. The summed E-state index contributed by atoms with van der Waals surface area (Å²) in [6.45, 7) is 0.294. The van der Waals surface area contributed by atoms with E-state index in [1.807, 2.05) is 6.07 Å². The van der Waals surface area contributed by atoms with Crippen molar-refractivity contribution in [3.63, 3.8) is 0 Å². The van der Waals surface area contributed by atoms with Crippen molar-refractivity contribution in [1.82, 2.24) is 19.2 Å². The maximum atomic E-state index is 13.3. The first-order chi connectivity index (χ1) is 15.9. The number of carboxylic acids is 1. The highest BCUT2D eigenvalue weighted by molar-refractivity contribution is 7.90. The van der Waals surface area contributed by atoms with E-state index in [0.717, 1.165) is 9.65 Å². The van der Waals surface area contributed by atoms with Gasteiger partial charge in [0.05, 0.1) is 30.3 Å². The van der Waals surface area contributed by atoms with E-state index in [4.69, 9.17) is 14.6 Å². The minimum atomic E-state index is -4.10. The van der Waals surface area contributed by atoms with Crippen LogP contribution in [0.4, 0.5) is 0 Å². The molecule has 4 rings (SSSR count). The second-order valence-electron chi connectivity index (χ2n) is 7.06. The molecule has 0 fully saturated rings. The van der Waals surface area contributed by atoms with E-state index in [1.54, 1.807) is 36.7 Å². The van der Waals surface area contributed by atoms with Crippen LogP contribution in [0.25, 0.3) is 11.0 Å². The number of fused-ring (bicyclic) bond motifs is 1. The average molecular weight is 468 g/mol. The van der Waals surface area contributed by atoms with Gasteiger partial charge >= 0.3 is 5.97 Å². The van der Waals surface area contributed by atoms with Crippen molar-refractivity contribution in [2.24, 2.45) is 0 Å². The molecule has 0 amide bonds. The zero-order chi connectivity index (χ0) is 23.4. The molecule has 0 unspecified atom stereocenters. The van der Waals surface area contributed by atoms with Gasteiger partial charge in [-0.15, -0.1) is 4.09 Å². The Labute approximate surface area is 189 Å². The summed E-state index contributed by atoms with van der Waals surface area (Å²) in [7, 11) is -2.64. The van der Waals surface area contributed by atoms with Crippen LogP contribution in [0.5, 0.6) is 11.5 Å². The van der Waals surface area contributed by atoms with Crippen LogP contribution in [0.15, 0.2) is 66.0 Å². The van der Waals surface area contributed by atoms with Crippen LogP contribution in [0.3, 0.4) is 0 Å². The molecule has 0 aliphatic rings. The third kappa shape index (κ3) is 4.77. The minimum Gasteiger partial charge on any atom is -0.495 e. The van der Waals surface area contributed by atoms with Crippen LogP contribution in [-0.4, -0.2) is 45.8 Å². The third-order valence-electron chi connectivity index (χ3n) is 4.83. The monoisotopic (exact) mass is 468 g/mol. The molecular formula is C22H20N4O6S. The molecule has 0 bridgehead atoms. The zero-order valence-electron chi connectivity index (χ0n) is 17.6. The maximum Gasteiger partial charge on any atom is 0.303 e. The molecule has 0 saturated carbocycles. The lowest BCUT2D eigenvalue weighted by Gasteiger charge is -2.08. The van der Waals surface area contributed by atoms with Gasteiger partial charge in [-0.2, -0.15) is 13.5 Å². The molecule has 0 radical (unpaired) electrons. The number of carboxylic acid groups (broad SMARTS) is 1. The quantitative estimate of drug-likeness (QED) is 0.393. The average Bonchev–Trinajstić information content (AvgIpc) is 3.21. The fourth-order valence-electron chi connectivity index (χ4n) is 3.16. The van der Waals surface area contributed by atoms with Crippen LogP contribution in [0.2, 0.25) is 0 Å². The van der Waals surface area contributed by atoms with Gasteiger partial charge in [0.25, 0.3) is 10.0 Å². The van der Waals surface area contributed by atoms with Gasteiger partial charge in [0.1, 0.15) is 18.1 Å². The SMILES string of the molecule is COc1cnc2c(c1)c(CCC(=O)O)nn2S(=O)(=O)c1ccc(OCc2cccnc2)cc1. The lowest BCUT2D eigenvalue weighted by molar-refractivity contribution is -0.136. The number of ether oxygens (including phenoxy) is 2. The molecule has 33 heavy (non-hydrogen) atoms. The second kappa shape index (κ2) is 9.25. The Morgan fingerprint density at radius 1 is 1.12 bits per heavy atom. The standard InChI is InChI=1S/C22H20N4O6S/c1-31-17-11-19-20(8-9-21(27)28)25-26(22(19)24-13-17)33(29,30)18-6-4-16(5-7-18)32-14-15-3-2-10-23-12-15/h2-7,10-13H,8-9,14H2,1H3,(H,27,28). The molecule has 3 heterocycles. The first-order valence-corrected chi connectivity index (χ1v) is 11.3. The number of carbonyl (C=O) groups is 1. The Morgan fingerprint density at radius 2 is 1.91 bits per heavy atom. The van der Waals surface area contributed by atoms with Gasteiger partial charge in [-0.25, -0.2) is 4.98 Å². The van der Waals surface area contributed by atoms with Crippen LogP contribution in [0, 0.1) is 0 Å². The topological polar surface area (TPSA) is 134 Å². The molecule has 1 N–H and O–H groups in total. The number of methoxy groups -OCH3 is 1. The van der Waals surface area contributed by atoms with Crippen molar-refractivity contribution in [1.29, 1.82) is 0 Å². The first kappa shape index (κ1) is 22.2. The van der Waals surface area contributed by atoms with Gasteiger partial charge in [0.2, 0.25) is 0 Å². The molecule has 0 saturated heterocycles. The van der Waals surface area contributed by atoms with E-state index in [0.29, 0.717) is 29.2 Å². The summed E-state index contributed by atoms with van der Waals surface area (Å²) in [5.74, 6) is -0.113. The van der Waals surface area contributed by atoms with Crippen LogP contribution < -0.4 is 9.47 Å². The van der Waals surface area contributed by atoms with E-state index < -0.39 is 16.0 Å². The predicted octanol–water partition coefficient (Wildman–Crippen LogP) is 2.67. The van der Waals surface area contributed by atoms with Crippen LogP contribution in [0.1, 0.15) is 17.7 Å². The highest BCUT2D eigenvalue weighted by Gasteiger charge is 2.24. The minimum absolute atomic E-state index is 0.0111. The van der Waals surface area contributed by atoms with Gasteiger partial charge < -0.3 is 14.6 Å². The van der Waals surface area contributed by atoms with Crippen molar-refractivity contribution in [2.75, 3.05) is 7.11 Å². The molecule has 11 heteroatoms. The van der Waals surface area contributed by atoms with E-state index in [-0.39, 0.29) is 23.4 Å². The Hall–Kier alpha value is -3.99. The summed E-state index contributed by atoms with van der Waals surface area (Å²) in [5, 5.41) is 13.6. The predicted molar refractivity (Wildman–Crippen MR) is 118 cm³/mol. The molecule has 3 aromatic heterocycles. The molecule has 4 aromatic rings. The van der Waals surface area contributed by atoms with Gasteiger partial charge in [-0.3, -0.25) is 9.78 Å². The highest BCUT2D eigenvalue weighted by atomic mass is 32.2. The van der Waals surface area contributed by atoms with Crippen LogP contribution in [-0.2, 0) is 27.8 Å². The van der Waals surface area contributed by atoms with Crippen molar-refractivity contribution >= 4 is 27.0 Å². The number of pyridine rings is 2. The summed E-state index contributed by atoms with van der Waals surface area (Å²) in [5.41, 5.74) is 1.28. The fraction of sp³-hybridized carbons (Fsp3) is 0.182. The number of nitrogens with zero attached hydrogens (tertiary/aromatic N) is 4. The lowest BCUT2D eigenvalue weighted by Crippen LogP contribution is -2.15. The summed E-state index contributed by atoms with van der Waals surface area (Å²) in [6.07, 6.45) is 4.58.